The molecule has 0 radical (unpaired) electrons. The molecule has 1 aliphatic carbocycles. The Morgan fingerprint density at radius 2 is 2.05 bits per heavy atom. The minimum absolute atomic E-state index is 0.0959. The van der Waals surface area contributed by atoms with Crippen molar-refractivity contribution in [3.63, 3.8) is 0 Å². The number of nitrogens with zero attached hydrogens (tertiary/aromatic N) is 1. The number of amides is 2. The maximum absolute atomic E-state index is 12.4. The first-order valence-corrected chi connectivity index (χ1v) is 6.90. The summed E-state index contributed by atoms with van der Waals surface area (Å²) in [6, 6.07) is -1.22. The molecule has 104 valence electrons. The Morgan fingerprint density at radius 1 is 1.26 bits per heavy atom. The normalized spacial score (nSPS) is 37.3. The zero-order valence-corrected chi connectivity index (χ0v) is 10.7. The van der Waals surface area contributed by atoms with E-state index in [0.29, 0.717) is 25.3 Å². The molecule has 4 unspecified atom stereocenters. The predicted octanol–water partition coefficient (Wildman–Crippen LogP) is -0.0233. The second-order valence-electron chi connectivity index (χ2n) is 5.79. The molecule has 4 atom stereocenters. The van der Waals surface area contributed by atoms with Crippen LogP contribution in [0.5, 0.6) is 0 Å². The van der Waals surface area contributed by atoms with Crippen LogP contribution < -0.4 is 5.32 Å². The zero-order valence-electron chi connectivity index (χ0n) is 10.7. The van der Waals surface area contributed by atoms with Crippen LogP contribution in [0.3, 0.4) is 0 Å². The van der Waals surface area contributed by atoms with Crippen LogP contribution in [0.25, 0.3) is 0 Å². The monoisotopic (exact) mass is 266 g/mol. The molecule has 2 N–H and O–H groups in total. The predicted molar refractivity (Wildman–Crippen MR) is 65.1 cm³/mol. The molecule has 2 amide bonds. The fourth-order valence-electron chi connectivity index (χ4n) is 3.85. The summed E-state index contributed by atoms with van der Waals surface area (Å²) < 4.78 is 0. The van der Waals surface area contributed by atoms with Crippen molar-refractivity contribution >= 4 is 17.8 Å². The summed E-state index contributed by atoms with van der Waals surface area (Å²) in [5, 5.41) is 12.0. The van der Waals surface area contributed by atoms with Crippen LogP contribution in [0.1, 0.15) is 32.1 Å². The number of carboxylic acid groups (broad SMARTS) is 1. The lowest BCUT2D eigenvalue weighted by molar-refractivity contribution is -0.150. The molecule has 6 heteroatoms. The number of carboxylic acids is 1. The van der Waals surface area contributed by atoms with E-state index < -0.39 is 18.1 Å². The molecular formula is C13H18N2O4. The summed E-state index contributed by atoms with van der Waals surface area (Å²) in [5.41, 5.74) is 0. The maximum Gasteiger partial charge on any atom is 0.326 e. The number of fused-ring (bicyclic) bond motifs is 1. The number of likely N-dealkylation sites (tertiary alicyclic amines) is 1. The van der Waals surface area contributed by atoms with Crippen molar-refractivity contribution in [3.05, 3.63) is 0 Å². The van der Waals surface area contributed by atoms with Crippen molar-refractivity contribution in [1.82, 2.24) is 10.2 Å². The fraction of sp³-hybridized carbons (Fsp3) is 0.769. The SMILES string of the molecule is O=C1CCC(C(=O)N2CC3CCCC3C2C(=O)O)N1. The number of nitrogens with one attached hydrogen (secondary N) is 1. The highest BCUT2D eigenvalue weighted by Gasteiger charge is 2.50. The first-order valence-electron chi connectivity index (χ1n) is 6.90. The number of rotatable bonds is 2. The van der Waals surface area contributed by atoms with Crippen molar-refractivity contribution in [3.8, 4) is 0 Å². The van der Waals surface area contributed by atoms with Gasteiger partial charge in [0.2, 0.25) is 11.8 Å². The minimum Gasteiger partial charge on any atom is -0.480 e. The standard InChI is InChI=1S/C13H18N2O4/c16-10-5-4-9(14-10)12(17)15-6-7-2-1-3-8(7)11(15)13(18)19/h7-9,11H,1-6H2,(H,14,16)(H,18,19). The zero-order chi connectivity index (χ0) is 13.6. The van der Waals surface area contributed by atoms with Gasteiger partial charge in [-0.25, -0.2) is 4.79 Å². The third-order valence-electron chi connectivity index (χ3n) is 4.72. The van der Waals surface area contributed by atoms with Crippen molar-refractivity contribution < 1.29 is 19.5 Å². The summed E-state index contributed by atoms with van der Waals surface area (Å²) in [5.74, 6) is -0.829. The van der Waals surface area contributed by atoms with Crippen LogP contribution in [-0.2, 0) is 14.4 Å². The molecule has 2 aliphatic heterocycles. The van der Waals surface area contributed by atoms with Gasteiger partial charge in [-0.05, 0) is 31.1 Å². The minimum atomic E-state index is -0.910. The van der Waals surface area contributed by atoms with Crippen molar-refractivity contribution in [1.29, 1.82) is 0 Å². The van der Waals surface area contributed by atoms with Crippen LogP contribution in [0.2, 0.25) is 0 Å². The summed E-state index contributed by atoms with van der Waals surface area (Å²) >= 11 is 0. The van der Waals surface area contributed by atoms with Gasteiger partial charge < -0.3 is 15.3 Å². The quantitative estimate of drug-likeness (QED) is 0.735. The molecule has 2 heterocycles. The third kappa shape index (κ3) is 1.99. The second kappa shape index (κ2) is 4.51. The Bertz CT molecular complexity index is 436. The third-order valence-corrected chi connectivity index (χ3v) is 4.72. The highest BCUT2D eigenvalue weighted by Crippen LogP contribution is 2.42. The van der Waals surface area contributed by atoms with E-state index in [-0.39, 0.29) is 17.7 Å². The van der Waals surface area contributed by atoms with Gasteiger partial charge in [0.1, 0.15) is 12.1 Å². The van der Waals surface area contributed by atoms with E-state index in [2.05, 4.69) is 5.32 Å². The van der Waals surface area contributed by atoms with Gasteiger partial charge in [-0.15, -0.1) is 0 Å². The second-order valence-corrected chi connectivity index (χ2v) is 5.79. The molecule has 6 nitrogen and oxygen atoms in total. The van der Waals surface area contributed by atoms with E-state index in [0.717, 1.165) is 19.3 Å². The average Bonchev–Trinajstić information content (AvgIpc) is 3.00. The van der Waals surface area contributed by atoms with E-state index in [1.807, 2.05) is 0 Å². The highest BCUT2D eigenvalue weighted by atomic mass is 16.4. The summed E-state index contributed by atoms with van der Waals surface area (Å²) in [6.45, 7) is 0.535. The molecule has 0 aromatic carbocycles. The molecule has 19 heavy (non-hydrogen) atoms. The number of carbonyl (C=O) groups is 3. The van der Waals surface area contributed by atoms with Crippen LogP contribution >= 0.6 is 0 Å². The summed E-state index contributed by atoms with van der Waals surface area (Å²) in [7, 11) is 0. The van der Waals surface area contributed by atoms with Crippen LogP contribution in [-0.4, -0.2) is 46.4 Å². The number of carbonyl (C=O) groups excluding carboxylic acids is 2. The van der Waals surface area contributed by atoms with Crippen molar-refractivity contribution in [2.45, 2.75) is 44.2 Å². The fourth-order valence-corrected chi connectivity index (χ4v) is 3.85. The van der Waals surface area contributed by atoms with E-state index in [1.54, 1.807) is 0 Å². The molecule has 3 aliphatic rings. The van der Waals surface area contributed by atoms with Gasteiger partial charge in [0.15, 0.2) is 0 Å². The maximum atomic E-state index is 12.4. The topological polar surface area (TPSA) is 86.7 Å². The van der Waals surface area contributed by atoms with Gasteiger partial charge in [-0.3, -0.25) is 9.59 Å². The Hall–Kier alpha value is -1.59. The Balaban J connectivity index is 1.77. The van der Waals surface area contributed by atoms with Gasteiger partial charge in [0.25, 0.3) is 0 Å². The molecule has 0 aromatic rings. The highest BCUT2D eigenvalue weighted by molar-refractivity contribution is 5.93. The van der Waals surface area contributed by atoms with E-state index in [1.165, 1.54) is 4.90 Å². The molecule has 3 fully saturated rings. The van der Waals surface area contributed by atoms with Crippen molar-refractivity contribution in [2.24, 2.45) is 11.8 Å². The Kier molecular flexibility index (Phi) is 2.95. The largest absolute Gasteiger partial charge is 0.480 e. The molecule has 0 bridgehead atoms. The molecule has 2 saturated heterocycles. The lowest BCUT2D eigenvalue weighted by atomic mass is 9.94. The molecule has 1 saturated carbocycles. The van der Waals surface area contributed by atoms with Crippen LogP contribution in [0, 0.1) is 11.8 Å². The number of hydrogen-bond donors (Lipinski definition) is 2. The lowest BCUT2D eigenvalue weighted by Crippen LogP contribution is -2.50. The van der Waals surface area contributed by atoms with Crippen molar-refractivity contribution in [2.75, 3.05) is 6.54 Å². The number of aliphatic carboxylic acids is 1. The van der Waals surface area contributed by atoms with Gasteiger partial charge in [-0.2, -0.15) is 0 Å². The Labute approximate surface area is 111 Å². The Morgan fingerprint density at radius 3 is 2.68 bits per heavy atom. The van der Waals surface area contributed by atoms with Crippen LogP contribution in [0.4, 0.5) is 0 Å². The first-order chi connectivity index (χ1) is 9.08. The average molecular weight is 266 g/mol. The van der Waals surface area contributed by atoms with E-state index in [4.69, 9.17) is 0 Å². The van der Waals surface area contributed by atoms with E-state index >= 15 is 0 Å². The van der Waals surface area contributed by atoms with Gasteiger partial charge in [0.05, 0.1) is 0 Å². The summed E-state index contributed by atoms with van der Waals surface area (Å²) in [4.78, 5) is 36.5. The van der Waals surface area contributed by atoms with E-state index in [9.17, 15) is 19.5 Å². The molecular weight excluding hydrogens is 248 g/mol. The molecule has 0 aromatic heterocycles. The van der Waals surface area contributed by atoms with Gasteiger partial charge in [-0.1, -0.05) is 6.42 Å². The lowest BCUT2D eigenvalue weighted by Gasteiger charge is -2.26. The van der Waals surface area contributed by atoms with Gasteiger partial charge >= 0.3 is 5.97 Å². The molecule has 3 rings (SSSR count). The first kappa shape index (κ1) is 12.4. The number of hydrogen-bond acceptors (Lipinski definition) is 3. The molecule has 0 spiro atoms. The van der Waals surface area contributed by atoms with Crippen LogP contribution in [0.15, 0.2) is 0 Å². The smallest absolute Gasteiger partial charge is 0.326 e. The summed E-state index contributed by atoms with van der Waals surface area (Å²) in [6.07, 6.45) is 3.80. The van der Waals surface area contributed by atoms with Gasteiger partial charge in [0, 0.05) is 13.0 Å².